The number of para-hydroxylation sites is 3. The van der Waals surface area contributed by atoms with E-state index in [0.29, 0.717) is 13.2 Å². The highest BCUT2D eigenvalue weighted by atomic mass is 16.6. The minimum Gasteiger partial charge on any atom is -0.491 e. The SMILES string of the molecule is C[C@H](NC[C@H](O)COc1ccccc1)[C@H]1COc2ccccc2O1. The minimum atomic E-state index is -0.593. The van der Waals surface area contributed by atoms with Crippen molar-refractivity contribution in [2.75, 3.05) is 19.8 Å². The van der Waals surface area contributed by atoms with Crippen LogP contribution in [0.5, 0.6) is 17.2 Å². The largest absolute Gasteiger partial charge is 0.491 e. The number of ether oxygens (including phenoxy) is 3. The molecule has 0 fully saturated rings. The Labute approximate surface area is 142 Å². The first kappa shape index (κ1) is 16.6. The molecule has 3 atom stereocenters. The van der Waals surface area contributed by atoms with Gasteiger partial charge in [-0.05, 0) is 31.2 Å². The van der Waals surface area contributed by atoms with E-state index in [-0.39, 0.29) is 18.8 Å². The van der Waals surface area contributed by atoms with Gasteiger partial charge in [0, 0.05) is 12.6 Å². The fourth-order valence-corrected chi connectivity index (χ4v) is 2.50. The lowest BCUT2D eigenvalue weighted by Gasteiger charge is -2.31. The molecule has 0 saturated carbocycles. The van der Waals surface area contributed by atoms with Gasteiger partial charge in [0.2, 0.25) is 0 Å². The van der Waals surface area contributed by atoms with Gasteiger partial charge in [0.15, 0.2) is 11.5 Å². The lowest BCUT2D eigenvalue weighted by atomic mass is 10.1. The summed E-state index contributed by atoms with van der Waals surface area (Å²) in [5.41, 5.74) is 0. The highest BCUT2D eigenvalue weighted by Crippen LogP contribution is 2.31. The predicted molar refractivity (Wildman–Crippen MR) is 91.8 cm³/mol. The monoisotopic (exact) mass is 329 g/mol. The van der Waals surface area contributed by atoms with Gasteiger partial charge in [0.25, 0.3) is 0 Å². The van der Waals surface area contributed by atoms with Crippen molar-refractivity contribution in [1.82, 2.24) is 5.32 Å². The summed E-state index contributed by atoms with van der Waals surface area (Å²) in [4.78, 5) is 0. The van der Waals surface area contributed by atoms with Crippen molar-refractivity contribution in [2.45, 2.75) is 25.2 Å². The lowest BCUT2D eigenvalue weighted by molar-refractivity contribution is 0.0557. The summed E-state index contributed by atoms with van der Waals surface area (Å²) in [7, 11) is 0. The highest BCUT2D eigenvalue weighted by Gasteiger charge is 2.26. The maximum atomic E-state index is 10.1. The van der Waals surface area contributed by atoms with Crippen molar-refractivity contribution in [3.8, 4) is 17.2 Å². The van der Waals surface area contributed by atoms with Gasteiger partial charge in [0.1, 0.15) is 31.2 Å². The van der Waals surface area contributed by atoms with Crippen molar-refractivity contribution >= 4 is 0 Å². The van der Waals surface area contributed by atoms with E-state index in [0.717, 1.165) is 17.2 Å². The molecule has 2 aromatic carbocycles. The molecule has 24 heavy (non-hydrogen) atoms. The number of rotatable bonds is 7. The Morgan fingerprint density at radius 3 is 2.62 bits per heavy atom. The third-order valence-electron chi connectivity index (χ3n) is 3.95. The maximum absolute atomic E-state index is 10.1. The van der Waals surface area contributed by atoms with Gasteiger partial charge in [-0.3, -0.25) is 0 Å². The molecular weight excluding hydrogens is 306 g/mol. The van der Waals surface area contributed by atoms with Crippen LogP contribution in [0.1, 0.15) is 6.92 Å². The minimum absolute atomic E-state index is 0.0460. The zero-order valence-electron chi connectivity index (χ0n) is 13.7. The van der Waals surface area contributed by atoms with Crippen LogP contribution in [0.3, 0.4) is 0 Å². The third kappa shape index (κ3) is 4.40. The molecule has 0 bridgehead atoms. The molecule has 0 saturated heterocycles. The van der Waals surface area contributed by atoms with Crippen molar-refractivity contribution < 1.29 is 19.3 Å². The van der Waals surface area contributed by atoms with Gasteiger partial charge >= 0.3 is 0 Å². The number of hydrogen-bond acceptors (Lipinski definition) is 5. The summed E-state index contributed by atoms with van der Waals surface area (Å²) in [5, 5.41) is 13.3. The molecule has 0 radical (unpaired) electrons. The van der Waals surface area contributed by atoms with Gasteiger partial charge in [0.05, 0.1) is 0 Å². The molecule has 0 amide bonds. The van der Waals surface area contributed by atoms with Crippen molar-refractivity contribution in [3.63, 3.8) is 0 Å². The van der Waals surface area contributed by atoms with Crippen molar-refractivity contribution in [1.29, 1.82) is 0 Å². The zero-order chi connectivity index (χ0) is 16.8. The van der Waals surface area contributed by atoms with E-state index in [2.05, 4.69) is 5.32 Å². The van der Waals surface area contributed by atoms with Crippen LogP contribution in [0.2, 0.25) is 0 Å². The number of benzene rings is 2. The topological polar surface area (TPSA) is 60.0 Å². The molecule has 0 aliphatic carbocycles. The van der Waals surface area contributed by atoms with Crippen LogP contribution in [0.4, 0.5) is 0 Å². The molecule has 2 N–H and O–H groups in total. The van der Waals surface area contributed by atoms with Gasteiger partial charge in [-0.1, -0.05) is 30.3 Å². The summed E-state index contributed by atoms with van der Waals surface area (Å²) in [6, 6.07) is 17.2. The summed E-state index contributed by atoms with van der Waals surface area (Å²) < 4.78 is 17.2. The molecule has 3 rings (SSSR count). The first-order chi connectivity index (χ1) is 11.7. The second-order valence-electron chi connectivity index (χ2n) is 5.89. The summed E-state index contributed by atoms with van der Waals surface area (Å²) in [6.07, 6.45) is -0.688. The van der Waals surface area contributed by atoms with E-state index in [1.165, 1.54) is 0 Å². The second-order valence-corrected chi connectivity index (χ2v) is 5.89. The van der Waals surface area contributed by atoms with E-state index in [1.807, 2.05) is 61.5 Å². The van der Waals surface area contributed by atoms with Gasteiger partial charge in [-0.25, -0.2) is 0 Å². The van der Waals surface area contributed by atoms with E-state index >= 15 is 0 Å². The molecular formula is C19H23NO4. The first-order valence-electron chi connectivity index (χ1n) is 8.20. The summed E-state index contributed by atoms with van der Waals surface area (Å²) in [6.45, 7) is 3.18. The Hall–Kier alpha value is -2.24. The number of fused-ring (bicyclic) bond motifs is 1. The molecule has 1 aliphatic rings. The van der Waals surface area contributed by atoms with Crippen LogP contribution in [-0.4, -0.2) is 43.1 Å². The highest BCUT2D eigenvalue weighted by molar-refractivity contribution is 5.40. The Bertz CT molecular complexity index is 634. The van der Waals surface area contributed by atoms with Crippen molar-refractivity contribution in [3.05, 3.63) is 54.6 Å². The quantitative estimate of drug-likeness (QED) is 0.816. The zero-order valence-corrected chi connectivity index (χ0v) is 13.7. The van der Waals surface area contributed by atoms with E-state index < -0.39 is 6.10 Å². The second kappa shape index (κ2) is 8.04. The Balaban J connectivity index is 1.41. The van der Waals surface area contributed by atoms with E-state index in [1.54, 1.807) is 0 Å². The fraction of sp³-hybridized carbons (Fsp3) is 0.368. The maximum Gasteiger partial charge on any atom is 0.161 e. The lowest BCUT2D eigenvalue weighted by Crippen LogP contribution is -2.48. The Morgan fingerprint density at radius 2 is 1.83 bits per heavy atom. The van der Waals surface area contributed by atoms with Crippen LogP contribution >= 0.6 is 0 Å². The number of aliphatic hydroxyl groups excluding tert-OH is 1. The molecule has 5 heteroatoms. The van der Waals surface area contributed by atoms with Gasteiger partial charge in [-0.15, -0.1) is 0 Å². The van der Waals surface area contributed by atoms with Crippen LogP contribution in [0.15, 0.2) is 54.6 Å². The van der Waals surface area contributed by atoms with E-state index in [4.69, 9.17) is 14.2 Å². The number of aliphatic hydroxyl groups is 1. The molecule has 0 unspecified atom stereocenters. The van der Waals surface area contributed by atoms with Crippen LogP contribution < -0.4 is 19.5 Å². The summed E-state index contributed by atoms with van der Waals surface area (Å²) in [5.74, 6) is 2.29. The smallest absolute Gasteiger partial charge is 0.161 e. The average Bonchev–Trinajstić information content (AvgIpc) is 2.65. The van der Waals surface area contributed by atoms with E-state index in [9.17, 15) is 5.11 Å². The Kier molecular flexibility index (Phi) is 5.56. The van der Waals surface area contributed by atoms with Gasteiger partial charge in [-0.2, -0.15) is 0 Å². The molecule has 2 aromatic rings. The molecule has 1 heterocycles. The van der Waals surface area contributed by atoms with Gasteiger partial charge < -0.3 is 24.6 Å². The van der Waals surface area contributed by atoms with Crippen LogP contribution in [0.25, 0.3) is 0 Å². The molecule has 0 aromatic heterocycles. The fourth-order valence-electron chi connectivity index (χ4n) is 2.50. The van der Waals surface area contributed by atoms with Crippen LogP contribution in [-0.2, 0) is 0 Å². The summed E-state index contributed by atoms with van der Waals surface area (Å²) >= 11 is 0. The number of hydrogen-bond donors (Lipinski definition) is 2. The molecule has 1 aliphatic heterocycles. The third-order valence-corrected chi connectivity index (χ3v) is 3.95. The molecule has 5 nitrogen and oxygen atoms in total. The number of nitrogens with one attached hydrogen (secondary N) is 1. The molecule has 0 spiro atoms. The Morgan fingerprint density at radius 1 is 1.12 bits per heavy atom. The van der Waals surface area contributed by atoms with Crippen LogP contribution in [0, 0.1) is 0 Å². The standard InChI is InChI=1S/C19H23NO4/c1-14(19-13-23-17-9-5-6-10-18(17)24-19)20-11-15(21)12-22-16-7-3-2-4-8-16/h2-10,14-15,19-21H,11-13H2,1H3/t14-,15-,19+/m0/s1. The predicted octanol–water partition coefficient (Wildman–Crippen LogP) is 2.24. The normalized spacial score (nSPS) is 18.7. The first-order valence-corrected chi connectivity index (χ1v) is 8.20. The molecule has 128 valence electrons. The average molecular weight is 329 g/mol. The van der Waals surface area contributed by atoms with Crippen molar-refractivity contribution in [2.24, 2.45) is 0 Å².